The lowest BCUT2D eigenvalue weighted by Gasteiger charge is -2.12. The lowest BCUT2D eigenvalue weighted by atomic mass is 10.2. The van der Waals surface area contributed by atoms with Crippen molar-refractivity contribution in [2.45, 2.75) is 32.9 Å². The van der Waals surface area contributed by atoms with E-state index in [9.17, 15) is 0 Å². The molecule has 0 bridgehead atoms. The Balaban J connectivity index is 1.98. The fourth-order valence-electron chi connectivity index (χ4n) is 1.82. The monoisotopic (exact) mass is 269 g/mol. The van der Waals surface area contributed by atoms with Gasteiger partial charge in [0.2, 0.25) is 0 Å². The number of thiazole rings is 1. The largest absolute Gasteiger partial charge is 0.309 e. The van der Waals surface area contributed by atoms with E-state index in [4.69, 9.17) is 0 Å². The molecule has 3 nitrogen and oxygen atoms in total. The van der Waals surface area contributed by atoms with Gasteiger partial charge in [-0.2, -0.15) is 11.8 Å². The van der Waals surface area contributed by atoms with Gasteiger partial charge in [-0.25, -0.2) is 4.98 Å². The third-order valence-electron chi connectivity index (χ3n) is 2.93. The molecular formula is C12H19N3S2. The Kier molecular flexibility index (Phi) is 4.48. The van der Waals surface area contributed by atoms with Crippen molar-refractivity contribution in [3.63, 3.8) is 0 Å². The Labute approximate surface area is 111 Å². The first kappa shape index (κ1) is 12.9. The first-order valence-electron chi connectivity index (χ1n) is 5.85. The van der Waals surface area contributed by atoms with Crippen molar-refractivity contribution >= 4 is 28.1 Å². The highest BCUT2D eigenvalue weighted by Crippen LogP contribution is 2.16. The summed E-state index contributed by atoms with van der Waals surface area (Å²) in [4.78, 5) is 5.64. The minimum atomic E-state index is 0.561. The van der Waals surface area contributed by atoms with Crippen molar-refractivity contribution in [2.75, 3.05) is 12.0 Å². The van der Waals surface area contributed by atoms with E-state index in [1.54, 1.807) is 11.3 Å². The first-order valence-corrected chi connectivity index (χ1v) is 8.13. The van der Waals surface area contributed by atoms with E-state index < -0.39 is 0 Å². The molecule has 0 aromatic carbocycles. The molecule has 0 aliphatic rings. The van der Waals surface area contributed by atoms with Gasteiger partial charge in [0.1, 0.15) is 0 Å². The zero-order valence-corrected chi connectivity index (χ0v) is 12.2. The van der Waals surface area contributed by atoms with E-state index >= 15 is 0 Å². The molecule has 0 saturated heterocycles. The molecule has 1 N–H and O–H groups in total. The molecule has 0 amide bonds. The predicted octanol–water partition coefficient (Wildman–Crippen LogP) is 2.94. The van der Waals surface area contributed by atoms with Crippen LogP contribution in [0.2, 0.25) is 0 Å². The highest BCUT2D eigenvalue weighted by atomic mass is 32.2. The van der Waals surface area contributed by atoms with E-state index in [0.717, 1.165) is 17.2 Å². The second-order valence-corrected chi connectivity index (χ2v) is 6.12. The average Bonchev–Trinajstić information content (AvgIpc) is 2.84. The van der Waals surface area contributed by atoms with Gasteiger partial charge in [0.15, 0.2) is 4.96 Å². The fraction of sp³-hybridized carbons (Fsp3) is 0.583. The average molecular weight is 269 g/mol. The van der Waals surface area contributed by atoms with E-state index in [2.05, 4.69) is 46.4 Å². The lowest BCUT2D eigenvalue weighted by Crippen LogP contribution is -2.26. The Morgan fingerprint density at radius 3 is 3.18 bits per heavy atom. The van der Waals surface area contributed by atoms with Crippen LogP contribution in [0.25, 0.3) is 4.96 Å². The van der Waals surface area contributed by atoms with Gasteiger partial charge >= 0.3 is 0 Å². The summed E-state index contributed by atoms with van der Waals surface area (Å²) in [5.74, 6) is 1.22. The van der Waals surface area contributed by atoms with Gasteiger partial charge in [-0.05, 0) is 32.3 Å². The third-order valence-corrected chi connectivity index (χ3v) is 4.33. The Morgan fingerprint density at radius 1 is 1.59 bits per heavy atom. The van der Waals surface area contributed by atoms with Crippen molar-refractivity contribution in [2.24, 2.45) is 0 Å². The molecule has 0 fully saturated rings. The van der Waals surface area contributed by atoms with Crippen LogP contribution in [0.5, 0.6) is 0 Å². The summed E-state index contributed by atoms with van der Waals surface area (Å²) >= 11 is 3.60. The van der Waals surface area contributed by atoms with Crippen molar-refractivity contribution in [3.05, 3.63) is 23.0 Å². The summed E-state index contributed by atoms with van der Waals surface area (Å²) in [6.07, 6.45) is 5.47. The molecule has 2 heterocycles. The Bertz CT molecular complexity index is 475. The zero-order chi connectivity index (χ0) is 12.3. The molecule has 0 radical (unpaired) electrons. The standard InChI is InChI=1S/C12H19N3S2/c1-9(4-6-16-3)13-8-11-10(2)14-12-15(11)5-7-17-12/h5,7,9,13H,4,6,8H2,1-3H3. The molecule has 0 spiro atoms. The van der Waals surface area contributed by atoms with Gasteiger partial charge in [-0.1, -0.05) is 0 Å². The number of hydrogen-bond acceptors (Lipinski definition) is 4. The van der Waals surface area contributed by atoms with Crippen molar-refractivity contribution < 1.29 is 0 Å². The quantitative estimate of drug-likeness (QED) is 0.874. The normalized spacial score (nSPS) is 13.4. The van der Waals surface area contributed by atoms with Gasteiger partial charge in [0.05, 0.1) is 11.4 Å². The number of aromatic nitrogens is 2. The molecule has 2 rings (SSSR count). The summed E-state index contributed by atoms with van der Waals surface area (Å²) in [5.41, 5.74) is 2.43. The van der Waals surface area contributed by atoms with E-state index in [1.165, 1.54) is 17.9 Å². The van der Waals surface area contributed by atoms with E-state index in [0.29, 0.717) is 6.04 Å². The van der Waals surface area contributed by atoms with Crippen LogP contribution in [0, 0.1) is 6.92 Å². The van der Waals surface area contributed by atoms with Crippen LogP contribution in [-0.4, -0.2) is 27.4 Å². The van der Waals surface area contributed by atoms with Crippen molar-refractivity contribution in [1.82, 2.24) is 14.7 Å². The van der Waals surface area contributed by atoms with Gasteiger partial charge in [-0.3, -0.25) is 4.40 Å². The first-order chi connectivity index (χ1) is 8.22. The summed E-state index contributed by atoms with van der Waals surface area (Å²) < 4.78 is 2.19. The van der Waals surface area contributed by atoms with Crippen LogP contribution in [0.3, 0.4) is 0 Å². The molecule has 2 aromatic rings. The van der Waals surface area contributed by atoms with Crippen LogP contribution in [-0.2, 0) is 6.54 Å². The summed E-state index contributed by atoms with van der Waals surface area (Å²) in [6.45, 7) is 5.24. The van der Waals surface area contributed by atoms with Gasteiger partial charge in [0, 0.05) is 24.2 Å². The zero-order valence-electron chi connectivity index (χ0n) is 10.6. The highest BCUT2D eigenvalue weighted by Gasteiger charge is 2.10. The molecule has 5 heteroatoms. The fourth-order valence-corrected chi connectivity index (χ4v) is 3.19. The number of rotatable bonds is 6. The smallest absolute Gasteiger partial charge is 0.194 e. The molecule has 17 heavy (non-hydrogen) atoms. The van der Waals surface area contributed by atoms with Crippen LogP contribution in [0.15, 0.2) is 11.6 Å². The maximum Gasteiger partial charge on any atom is 0.194 e. The number of nitrogens with zero attached hydrogens (tertiary/aromatic N) is 2. The maximum atomic E-state index is 4.55. The van der Waals surface area contributed by atoms with Crippen LogP contribution in [0.4, 0.5) is 0 Å². The molecule has 1 unspecified atom stereocenters. The molecule has 0 saturated carbocycles. The van der Waals surface area contributed by atoms with Crippen LogP contribution in [0.1, 0.15) is 24.7 Å². The molecular weight excluding hydrogens is 250 g/mol. The number of aryl methyl sites for hydroxylation is 1. The minimum absolute atomic E-state index is 0.561. The number of fused-ring (bicyclic) bond motifs is 1. The van der Waals surface area contributed by atoms with Gasteiger partial charge < -0.3 is 5.32 Å². The molecule has 1 atom stereocenters. The molecule has 0 aliphatic heterocycles. The predicted molar refractivity (Wildman–Crippen MR) is 77.1 cm³/mol. The summed E-state index contributed by atoms with van der Waals surface area (Å²) in [7, 11) is 0. The number of thioether (sulfide) groups is 1. The molecule has 2 aromatic heterocycles. The number of hydrogen-bond donors (Lipinski definition) is 1. The topological polar surface area (TPSA) is 29.3 Å². The molecule has 94 valence electrons. The second kappa shape index (κ2) is 5.89. The van der Waals surface area contributed by atoms with Gasteiger partial charge in [0.25, 0.3) is 0 Å². The minimum Gasteiger partial charge on any atom is -0.309 e. The van der Waals surface area contributed by atoms with Crippen LogP contribution < -0.4 is 5.32 Å². The summed E-state index contributed by atoms with van der Waals surface area (Å²) in [6, 6.07) is 0.561. The van der Waals surface area contributed by atoms with E-state index in [1.807, 2.05) is 11.8 Å². The maximum absolute atomic E-state index is 4.55. The lowest BCUT2D eigenvalue weighted by molar-refractivity contribution is 0.530. The number of imidazole rings is 1. The third kappa shape index (κ3) is 3.03. The second-order valence-electron chi connectivity index (χ2n) is 4.26. The van der Waals surface area contributed by atoms with Crippen LogP contribution >= 0.6 is 23.1 Å². The van der Waals surface area contributed by atoms with Gasteiger partial charge in [-0.15, -0.1) is 11.3 Å². The summed E-state index contributed by atoms with van der Waals surface area (Å²) in [5, 5.41) is 5.66. The highest BCUT2D eigenvalue weighted by molar-refractivity contribution is 7.98. The van der Waals surface area contributed by atoms with Crippen molar-refractivity contribution in [1.29, 1.82) is 0 Å². The Morgan fingerprint density at radius 2 is 2.41 bits per heavy atom. The van der Waals surface area contributed by atoms with Crippen molar-refractivity contribution in [3.8, 4) is 0 Å². The van der Waals surface area contributed by atoms with E-state index in [-0.39, 0.29) is 0 Å². The Hall–Kier alpha value is -0.520. The SMILES string of the molecule is CSCCC(C)NCc1c(C)nc2sccn12. The molecule has 0 aliphatic carbocycles. The number of nitrogens with one attached hydrogen (secondary N) is 1.